The second-order valence-electron chi connectivity index (χ2n) is 7.66. The van der Waals surface area contributed by atoms with Crippen LogP contribution in [0.5, 0.6) is 0 Å². The van der Waals surface area contributed by atoms with Gasteiger partial charge in [0.25, 0.3) is 0 Å². The summed E-state index contributed by atoms with van der Waals surface area (Å²) in [6.07, 6.45) is 0.0575. The first-order chi connectivity index (χ1) is 16.4. The van der Waals surface area contributed by atoms with Gasteiger partial charge in [-0.15, -0.1) is 0 Å². The van der Waals surface area contributed by atoms with Gasteiger partial charge in [0.05, 0.1) is 6.61 Å². The number of ether oxygens (including phenoxy) is 2. The number of carboxylic acid groups (broad SMARTS) is 1. The molecule has 0 aliphatic rings. The number of hydrogen-bond donors (Lipinski definition) is 3. The lowest BCUT2D eigenvalue weighted by molar-refractivity contribution is -0.146. The number of hydrogen-bond acceptors (Lipinski definition) is 7. The molecule has 0 aliphatic carbocycles. The summed E-state index contributed by atoms with van der Waals surface area (Å²) in [5.74, 6) is -0.765. The molecule has 0 radical (unpaired) electrons. The molecule has 0 fully saturated rings. The van der Waals surface area contributed by atoms with Crippen molar-refractivity contribution in [3.63, 3.8) is 0 Å². The summed E-state index contributed by atoms with van der Waals surface area (Å²) in [5, 5.41) is 14.9. The van der Waals surface area contributed by atoms with E-state index < -0.39 is 30.1 Å². The van der Waals surface area contributed by atoms with Crippen molar-refractivity contribution in [3.8, 4) is 0 Å². The van der Waals surface area contributed by atoms with Crippen molar-refractivity contribution >= 4 is 29.8 Å². The van der Waals surface area contributed by atoms with E-state index in [-0.39, 0.29) is 19.3 Å². The van der Waals surface area contributed by atoms with Crippen LogP contribution in [0.15, 0.2) is 60.7 Å². The fourth-order valence-corrected chi connectivity index (χ4v) is 4.20. The van der Waals surface area contributed by atoms with Crippen molar-refractivity contribution in [2.45, 2.75) is 45.0 Å². The van der Waals surface area contributed by atoms with Crippen LogP contribution in [-0.4, -0.2) is 59.4 Å². The summed E-state index contributed by atoms with van der Waals surface area (Å²) >= 11 is 1.43. The van der Waals surface area contributed by atoms with Crippen LogP contribution in [0.25, 0.3) is 0 Å². The summed E-state index contributed by atoms with van der Waals surface area (Å²) in [7, 11) is 0. The van der Waals surface area contributed by atoms with E-state index in [2.05, 4.69) is 10.6 Å². The predicted molar refractivity (Wildman–Crippen MR) is 132 cm³/mol. The number of thioether (sulfide) groups is 1. The molecule has 34 heavy (non-hydrogen) atoms. The largest absolute Gasteiger partial charge is 0.480 e. The number of esters is 1. The number of nitrogens with one attached hydrogen (secondary N) is 2. The zero-order chi connectivity index (χ0) is 24.8. The van der Waals surface area contributed by atoms with Gasteiger partial charge in [0, 0.05) is 17.5 Å². The Morgan fingerprint density at radius 3 is 2.15 bits per heavy atom. The third kappa shape index (κ3) is 10.3. The summed E-state index contributed by atoms with van der Waals surface area (Å²) in [5.41, 5.74) is 1.94. The Hall–Kier alpha value is -3.04. The van der Waals surface area contributed by atoms with Crippen LogP contribution < -0.4 is 10.6 Å². The highest BCUT2D eigenvalue weighted by molar-refractivity contribution is 7.99. The standard InChI is InChI=1S/C25H32N2O6S/c1-3-32-24(30)22(26-18(2)23(28)29)17-34-16-21(14-19-10-6-4-7-11-19)27-25(31)33-15-20-12-8-5-9-13-20/h4-13,18,21-22,26H,3,14-17H2,1-2H3,(H,27,31)(H,28,29)/t18-,21+,22-/m0/s1. The number of benzene rings is 2. The maximum absolute atomic E-state index is 12.4. The minimum Gasteiger partial charge on any atom is -0.480 e. The molecule has 9 heteroatoms. The zero-order valence-corrected chi connectivity index (χ0v) is 20.3. The van der Waals surface area contributed by atoms with Crippen molar-refractivity contribution in [1.29, 1.82) is 0 Å². The second kappa shape index (κ2) is 15.0. The van der Waals surface area contributed by atoms with Crippen molar-refractivity contribution in [2.24, 2.45) is 0 Å². The van der Waals surface area contributed by atoms with Gasteiger partial charge in [-0.1, -0.05) is 60.7 Å². The molecule has 0 spiro atoms. The molecule has 3 N–H and O–H groups in total. The Kier molecular flexibility index (Phi) is 12.0. The number of carboxylic acids is 1. The molecule has 2 aromatic carbocycles. The Labute approximate surface area is 204 Å². The van der Waals surface area contributed by atoms with E-state index in [1.807, 2.05) is 60.7 Å². The van der Waals surface area contributed by atoms with E-state index in [0.717, 1.165) is 11.1 Å². The van der Waals surface area contributed by atoms with Gasteiger partial charge in [-0.05, 0) is 31.4 Å². The molecule has 0 bridgehead atoms. The lowest BCUT2D eigenvalue weighted by Gasteiger charge is -2.22. The number of carbonyl (C=O) groups excluding carboxylic acids is 2. The third-order valence-corrected chi connectivity index (χ3v) is 6.06. The predicted octanol–water partition coefficient (Wildman–Crippen LogP) is 3.25. The van der Waals surface area contributed by atoms with Gasteiger partial charge in [0.2, 0.25) is 0 Å². The summed E-state index contributed by atoms with van der Waals surface area (Å²) in [6, 6.07) is 17.2. The van der Waals surface area contributed by atoms with E-state index >= 15 is 0 Å². The van der Waals surface area contributed by atoms with Crippen LogP contribution in [0, 0.1) is 0 Å². The highest BCUT2D eigenvalue weighted by Gasteiger charge is 2.25. The molecule has 1 amide bonds. The second-order valence-corrected chi connectivity index (χ2v) is 8.74. The third-order valence-electron chi connectivity index (χ3n) is 4.86. The number of carbonyl (C=O) groups is 3. The quantitative estimate of drug-likeness (QED) is 0.347. The van der Waals surface area contributed by atoms with Crippen molar-refractivity contribution in [2.75, 3.05) is 18.1 Å². The Morgan fingerprint density at radius 1 is 0.941 bits per heavy atom. The van der Waals surface area contributed by atoms with Gasteiger partial charge in [-0.25, -0.2) is 4.79 Å². The molecule has 0 saturated heterocycles. The molecule has 3 atom stereocenters. The van der Waals surface area contributed by atoms with Crippen molar-refractivity contribution in [3.05, 3.63) is 71.8 Å². The van der Waals surface area contributed by atoms with Crippen LogP contribution in [0.1, 0.15) is 25.0 Å². The van der Waals surface area contributed by atoms with Gasteiger partial charge in [0.15, 0.2) is 0 Å². The van der Waals surface area contributed by atoms with Gasteiger partial charge < -0.3 is 19.9 Å². The van der Waals surface area contributed by atoms with Gasteiger partial charge >= 0.3 is 18.0 Å². The number of alkyl carbamates (subject to hydrolysis) is 1. The lowest BCUT2D eigenvalue weighted by atomic mass is 10.1. The summed E-state index contributed by atoms with van der Waals surface area (Å²) in [6.45, 7) is 3.54. The van der Waals surface area contributed by atoms with Crippen molar-refractivity contribution in [1.82, 2.24) is 10.6 Å². The molecule has 8 nitrogen and oxygen atoms in total. The van der Waals surface area contributed by atoms with Crippen LogP contribution >= 0.6 is 11.8 Å². The Balaban J connectivity index is 1.96. The smallest absolute Gasteiger partial charge is 0.407 e. The molecular weight excluding hydrogens is 456 g/mol. The number of aliphatic carboxylic acids is 1. The van der Waals surface area contributed by atoms with E-state index in [4.69, 9.17) is 14.6 Å². The molecule has 0 heterocycles. The number of rotatable bonds is 14. The lowest BCUT2D eigenvalue weighted by Crippen LogP contribution is -2.48. The van der Waals surface area contributed by atoms with E-state index in [9.17, 15) is 14.4 Å². The molecule has 184 valence electrons. The molecule has 0 saturated carbocycles. The van der Waals surface area contributed by atoms with Crippen LogP contribution in [0.2, 0.25) is 0 Å². The topological polar surface area (TPSA) is 114 Å². The monoisotopic (exact) mass is 488 g/mol. The van der Waals surface area contributed by atoms with E-state index in [1.54, 1.807) is 6.92 Å². The van der Waals surface area contributed by atoms with Crippen LogP contribution in [0.3, 0.4) is 0 Å². The molecular formula is C25H32N2O6S. The SMILES string of the molecule is CCOC(=O)[C@H](CSC[C@@H](Cc1ccccc1)NC(=O)OCc1ccccc1)N[C@@H](C)C(=O)O. The van der Waals surface area contributed by atoms with Gasteiger partial charge in [-0.3, -0.25) is 14.9 Å². The maximum Gasteiger partial charge on any atom is 0.407 e. The maximum atomic E-state index is 12.4. The van der Waals surface area contributed by atoms with Gasteiger partial charge in [-0.2, -0.15) is 11.8 Å². The first-order valence-corrected chi connectivity index (χ1v) is 12.3. The van der Waals surface area contributed by atoms with E-state index in [1.165, 1.54) is 18.7 Å². The normalized spacial score (nSPS) is 13.4. The summed E-state index contributed by atoms with van der Waals surface area (Å²) < 4.78 is 10.4. The highest BCUT2D eigenvalue weighted by Crippen LogP contribution is 2.12. The van der Waals surface area contributed by atoms with Crippen molar-refractivity contribution < 1.29 is 29.0 Å². The Morgan fingerprint density at radius 2 is 1.56 bits per heavy atom. The minimum absolute atomic E-state index is 0.166. The van der Waals surface area contributed by atoms with Crippen LogP contribution in [0.4, 0.5) is 4.79 Å². The Bertz CT molecular complexity index is 897. The fourth-order valence-electron chi connectivity index (χ4n) is 3.11. The van der Waals surface area contributed by atoms with Gasteiger partial charge in [0.1, 0.15) is 18.7 Å². The molecule has 0 unspecified atom stereocenters. The average Bonchev–Trinajstić information content (AvgIpc) is 2.83. The molecule has 0 aromatic heterocycles. The first-order valence-electron chi connectivity index (χ1n) is 11.1. The minimum atomic E-state index is -1.05. The van der Waals surface area contributed by atoms with E-state index in [0.29, 0.717) is 17.9 Å². The fraction of sp³-hybridized carbons (Fsp3) is 0.400. The summed E-state index contributed by atoms with van der Waals surface area (Å²) in [4.78, 5) is 35.9. The molecule has 0 aliphatic heterocycles. The molecule has 2 aromatic rings. The molecule has 2 rings (SSSR count). The first kappa shape index (κ1) is 27.2. The van der Waals surface area contributed by atoms with Crippen LogP contribution in [-0.2, 0) is 32.1 Å². The zero-order valence-electron chi connectivity index (χ0n) is 19.4. The number of amides is 1. The average molecular weight is 489 g/mol. The highest BCUT2D eigenvalue weighted by atomic mass is 32.2.